The average Bonchev–Trinajstić information content (AvgIpc) is 3.26. The fourth-order valence-electron chi connectivity index (χ4n) is 3.20. The van der Waals surface area contributed by atoms with Crippen molar-refractivity contribution in [2.45, 2.75) is 17.4 Å². The van der Waals surface area contributed by atoms with Crippen molar-refractivity contribution >= 4 is 27.3 Å². The Morgan fingerprint density at radius 3 is 2.40 bits per heavy atom. The molecule has 2 aliphatic rings. The van der Waals surface area contributed by atoms with E-state index in [9.17, 15) is 17.6 Å². The normalized spacial score (nSPS) is 19.8. The third-order valence-corrected chi connectivity index (χ3v) is 6.78. The number of ether oxygens (including phenoxy) is 1. The summed E-state index contributed by atoms with van der Waals surface area (Å²) in [5.74, 6) is -0.758. The highest BCUT2D eigenvalue weighted by Gasteiger charge is 2.29. The number of carbonyl (C=O) groups excluding carboxylic acids is 1. The molecule has 1 saturated heterocycles. The van der Waals surface area contributed by atoms with Gasteiger partial charge in [-0.3, -0.25) is 4.79 Å². The minimum absolute atomic E-state index is 0.154. The molecular formula is C20H20FN3O5S. The lowest BCUT2D eigenvalue weighted by molar-refractivity contribution is -0.125. The summed E-state index contributed by atoms with van der Waals surface area (Å²) < 4.78 is 44.9. The van der Waals surface area contributed by atoms with Crippen LogP contribution in [0.5, 0.6) is 0 Å². The summed E-state index contributed by atoms with van der Waals surface area (Å²) in [5, 5.41) is 6.61. The molecule has 10 heteroatoms. The van der Waals surface area contributed by atoms with Crippen molar-refractivity contribution in [2.24, 2.45) is 5.16 Å². The zero-order chi connectivity index (χ0) is 21.1. The first-order chi connectivity index (χ1) is 14.4. The molecule has 1 atom stereocenters. The van der Waals surface area contributed by atoms with Gasteiger partial charge in [0.1, 0.15) is 5.82 Å². The van der Waals surface area contributed by atoms with Crippen LogP contribution in [0.2, 0.25) is 0 Å². The largest absolute Gasteiger partial charge is 0.382 e. The molecule has 0 aromatic heterocycles. The molecule has 1 amide bonds. The van der Waals surface area contributed by atoms with Crippen LogP contribution in [-0.2, 0) is 24.4 Å². The van der Waals surface area contributed by atoms with Gasteiger partial charge in [0.15, 0.2) is 0 Å². The molecule has 0 spiro atoms. The van der Waals surface area contributed by atoms with Crippen molar-refractivity contribution in [3.63, 3.8) is 0 Å². The van der Waals surface area contributed by atoms with Crippen LogP contribution in [0.25, 0.3) is 0 Å². The summed E-state index contributed by atoms with van der Waals surface area (Å²) in [5.41, 5.74) is 1.69. The number of morpholine rings is 1. The predicted molar refractivity (Wildman–Crippen MR) is 107 cm³/mol. The van der Waals surface area contributed by atoms with Crippen LogP contribution >= 0.6 is 0 Å². The second-order valence-corrected chi connectivity index (χ2v) is 8.81. The van der Waals surface area contributed by atoms with Crippen molar-refractivity contribution in [3.8, 4) is 0 Å². The summed E-state index contributed by atoms with van der Waals surface area (Å²) in [6.07, 6.45) is -0.567. The van der Waals surface area contributed by atoms with Gasteiger partial charge in [-0.2, -0.15) is 4.31 Å². The van der Waals surface area contributed by atoms with Gasteiger partial charge >= 0.3 is 0 Å². The van der Waals surface area contributed by atoms with Crippen molar-refractivity contribution < 1.29 is 27.2 Å². The molecule has 0 bridgehead atoms. The van der Waals surface area contributed by atoms with Gasteiger partial charge in [0.05, 0.1) is 23.8 Å². The Morgan fingerprint density at radius 1 is 1.07 bits per heavy atom. The van der Waals surface area contributed by atoms with Crippen LogP contribution in [-0.4, -0.2) is 56.7 Å². The number of hydrogen-bond acceptors (Lipinski definition) is 6. The van der Waals surface area contributed by atoms with Crippen LogP contribution < -0.4 is 5.32 Å². The van der Waals surface area contributed by atoms with Gasteiger partial charge in [0.25, 0.3) is 5.91 Å². The molecule has 1 unspecified atom stereocenters. The van der Waals surface area contributed by atoms with E-state index in [1.165, 1.54) is 40.7 Å². The topological polar surface area (TPSA) is 97.3 Å². The summed E-state index contributed by atoms with van der Waals surface area (Å²) >= 11 is 0. The Morgan fingerprint density at radius 2 is 1.73 bits per heavy atom. The van der Waals surface area contributed by atoms with Crippen molar-refractivity contribution in [3.05, 3.63) is 59.9 Å². The average molecular weight is 433 g/mol. The molecule has 2 aromatic rings. The SMILES string of the molecule is O=C(Nc1ccc(S(=O)(=O)N2CCOCC2)cc1)C1CC(c2ccc(F)cc2)=NO1. The Labute approximate surface area is 173 Å². The van der Waals surface area contributed by atoms with Gasteiger partial charge in [-0.15, -0.1) is 0 Å². The van der Waals surface area contributed by atoms with Crippen LogP contribution in [0.3, 0.4) is 0 Å². The van der Waals surface area contributed by atoms with Gasteiger partial charge in [-0.25, -0.2) is 12.8 Å². The molecule has 0 saturated carbocycles. The van der Waals surface area contributed by atoms with Crippen LogP contribution in [0.4, 0.5) is 10.1 Å². The first kappa shape index (κ1) is 20.5. The highest BCUT2D eigenvalue weighted by Crippen LogP contribution is 2.21. The van der Waals surface area contributed by atoms with Crippen molar-refractivity contribution in [2.75, 3.05) is 31.6 Å². The molecule has 30 heavy (non-hydrogen) atoms. The number of halogens is 1. The Balaban J connectivity index is 1.37. The molecule has 1 N–H and O–H groups in total. The lowest BCUT2D eigenvalue weighted by Gasteiger charge is -2.26. The monoisotopic (exact) mass is 433 g/mol. The van der Waals surface area contributed by atoms with E-state index in [1.54, 1.807) is 12.1 Å². The molecule has 0 aliphatic carbocycles. The number of nitrogens with zero attached hydrogens (tertiary/aromatic N) is 2. The van der Waals surface area contributed by atoms with Crippen LogP contribution in [0.1, 0.15) is 12.0 Å². The summed E-state index contributed by atoms with van der Waals surface area (Å²) in [4.78, 5) is 17.8. The number of hydrogen-bond donors (Lipinski definition) is 1. The molecule has 8 nitrogen and oxygen atoms in total. The summed E-state index contributed by atoms with van der Waals surface area (Å²) in [6.45, 7) is 1.37. The van der Waals surface area contributed by atoms with E-state index < -0.39 is 22.0 Å². The Kier molecular flexibility index (Phi) is 5.80. The van der Waals surface area contributed by atoms with Gasteiger partial charge in [0, 0.05) is 25.2 Å². The molecule has 0 radical (unpaired) electrons. The molecule has 2 aromatic carbocycles. The van der Waals surface area contributed by atoms with Gasteiger partial charge in [0.2, 0.25) is 16.1 Å². The first-order valence-electron chi connectivity index (χ1n) is 9.41. The maximum absolute atomic E-state index is 13.0. The van der Waals surface area contributed by atoms with E-state index in [2.05, 4.69) is 10.5 Å². The van der Waals surface area contributed by atoms with E-state index in [-0.39, 0.29) is 17.1 Å². The van der Waals surface area contributed by atoms with Crippen molar-refractivity contribution in [1.29, 1.82) is 0 Å². The number of carbonyl (C=O) groups is 1. The quantitative estimate of drug-likeness (QED) is 0.778. The van der Waals surface area contributed by atoms with E-state index in [1.807, 2.05) is 0 Å². The Bertz CT molecular complexity index is 1050. The smallest absolute Gasteiger partial charge is 0.268 e. The lowest BCUT2D eigenvalue weighted by atomic mass is 10.0. The number of oxime groups is 1. The number of nitrogens with one attached hydrogen (secondary N) is 1. The standard InChI is InChI=1S/C20H20FN3O5S/c21-15-3-1-14(2-4-15)18-13-19(29-23-18)20(25)22-16-5-7-17(8-6-16)30(26,27)24-9-11-28-12-10-24/h1-8,19H,9-13H2,(H,22,25). The van der Waals surface area contributed by atoms with E-state index in [4.69, 9.17) is 9.57 Å². The summed E-state index contributed by atoms with van der Waals surface area (Å²) in [7, 11) is -3.59. The lowest BCUT2D eigenvalue weighted by Crippen LogP contribution is -2.40. The van der Waals surface area contributed by atoms with E-state index in [0.717, 1.165) is 0 Å². The highest BCUT2D eigenvalue weighted by molar-refractivity contribution is 7.89. The van der Waals surface area contributed by atoms with E-state index >= 15 is 0 Å². The fourth-order valence-corrected chi connectivity index (χ4v) is 4.61. The van der Waals surface area contributed by atoms with Crippen LogP contribution in [0.15, 0.2) is 58.6 Å². The Hall–Kier alpha value is -2.82. The maximum Gasteiger partial charge on any atom is 0.268 e. The first-order valence-corrected chi connectivity index (χ1v) is 10.8. The molecule has 1 fully saturated rings. The minimum Gasteiger partial charge on any atom is -0.382 e. The van der Waals surface area contributed by atoms with Crippen molar-refractivity contribution in [1.82, 2.24) is 4.31 Å². The highest BCUT2D eigenvalue weighted by atomic mass is 32.2. The summed E-state index contributed by atoms with van der Waals surface area (Å²) in [6, 6.07) is 11.8. The second-order valence-electron chi connectivity index (χ2n) is 6.87. The van der Waals surface area contributed by atoms with Gasteiger partial charge in [-0.1, -0.05) is 17.3 Å². The van der Waals surface area contributed by atoms with Gasteiger partial charge < -0.3 is 14.9 Å². The molecule has 2 aliphatic heterocycles. The maximum atomic E-state index is 13.0. The zero-order valence-electron chi connectivity index (χ0n) is 16.0. The van der Waals surface area contributed by atoms with Crippen LogP contribution in [0, 0.1) is 5.82 Å². The number of anilines is 1. The third-order valence-electron chi connectivity index (χ3n) is 4.87. The second kappa shape index (κ2) is 8.50. The fraction of sp³-hybridized carbons (Fsp3) is 0.300. The van der Waals surface area contributed by atoms with Gasteiger partial charge in [-0.05, 0) is 42.0 Å². The molecule has 2 heterocycles. The zero-order valence-corrected chi connectivity index (χ0v) is 16.8. The molecule has 4 rings (SSSR count). The molecule has 158 valence electrons. The minimum atomic E-state index is -3.59. The number of benzene rings is 2. The molecular weight excluding hydrogens is 413 g/mol. The predicted octanol–water partition coefficient (Wildman–Crippen LogP) is 1.98. The van der Waals surface area contributed by atoms with E-state index in [0.29, 0.717) is 43.3 Å². The number of amides is 1. The number of rotatable bonds is 5. The third kappa shape index (κ3) is 4.35. The number of sulfonamides is 1.